The number of hydrogen-bond donors (Lipinski definition) is 2. The van der Waals surface area contributed by atoms with Crippen LogP contribution in [0.5, 0.6) is 0 Å². The molecule has 1 unspecified atom stereocenters. The van der Waals surface area contributed by atoms with Crippen LogP contribution in [0.2, 0.25) is 0 Å². The minimum atomic E-state index is -0.170. The molecule has 1 aromatic carbocycles. The van der Waals surface area contributed by atoms with E-state index in [9.17, 15) is 4.79 Å². The molecule has 0 spiro atoms. The summed E-state index contributed by atoms with van der Waals surface area (Å²) in [7, 11) is 1.87. The van der Waals surface area contributed by atoms with Crippen molar-refractivity contribution in [2.24, 2.45) is 0 Å². The van der Waals surface area contributed by atoms with E-state index in [1.807, 2.05) is 26.1 Å². The van der Waals surface area contributed by atoms with Gasteiger partial charge in [0.2, 0.25) is 0 Å². The Morgan fingerprint density at radius 3 is 2.68 bits per heavy atom. The van der Waals surface area contributed by atoms with Crippen molar-refractivity contribution in [3.8, 4) is 5.69 Å². The molecular formula is C19H29N5O. The normalized spacial score (nSPS) is 12.4. The van der Waals surface area contributed by atoms with Crippen molar-refractivity contribution in [2.45, 2.75) is 52.5 Å². The molecule has 0 aliphatic carbocycles. The van der Waals surface area contributed by atoms with Gasteiger partial charge in [0.05, 0.1) is 11.4 Å². The van der Waals surface area contributed by atoms with E-state index in [-0.39, 0.29) is 11.9 Å². The smallest absolute Gasteiger partial charge is 0.273 e. The van der Waals surface area contributed by atoms with Crippen molar-refractivity contribution < 1.29 is 4.79 Å². The fourth-order valence-electron chi connectivity index (χ4n) is 2.59. The second-order valence-electron chi connectivity index (χ2n) is 6.70. The van der Waals surface area contributed by atoms with Gasteiger partial charge in [-0.05, 0) is 44.0 Å². The third-order valence-corrected chi connectivity index (χ3v) is 4.31. The molecular weight excluding hydrogens is 314 g/mol. The SMILES string of the molecule is CCCc1c(C(=O)NCC(C)NC)nnn1-c1cccc(C(C)C)c1. The predicted molar refractivity (Wildman–Crippen MR) is 100 cm³/mol. The van der Waals surface area contributed by atoms with E-state index >= 15 is 0 Å². The fourth-order valence-corrected chi connectivity index (χ4v) is 2.59. The van der Waals surface area contributed by atoms with Crippen LogP contribution in [0.25, 0.3) is 5.69 Å². The van der Waals surface area contributed by atoms with Crippen molar-refractivity contribution in [3.05, 3.63) is 41.2 Å². The average molecular weight is 343 g/mol. The summed E-state index contributed by atoms with van der Waals surface area (Å²) in [5, 5.41) is 14.5. The Morgan fingerprint density at radius 1 is 1.28 bits per heavy atom. The third-order valence-electron chi connectivity index (χ3n) is 4.31. The van der Waals surface area contributed by atoms with Crippen LogP contribution in [-0.4, -0.2) is 40.5 Å². The Labute approximate surface area is 150 Å². The van der Waals surface area contributed by atoms with Crippen molar-refractivity contribution >= 4 is 5.91 Å². The summed E-state index contributed by atoms with van der Waals surface area (Å²) in [5.41, 5.74) is 3.47. The van der Waals surface area contributed by atoms with Crippen molar-refractivity contribution in [3.63, 3.8) is 0 Å². The zero-order valence-electron chi connectivity index (χ0n) is 15.8. The number of nitrogens with zero attached hydrogens (tertiary/aromatic N) is 3. The van der Waals surface area contributed by atoms with Crippen molar-refractivity contribution in [2.75, 3.05) is 13.6 Å². The van der Waals surface area contributed by atoms with E-state index in [2.05, 4.69) is 53.8 Å². The van der Waals surface area contributed by atoms with Crippen LogP contribution in [0, 0.1) is 0 Å². The summed E-state index contributed by atoms with van der Waals surface area (Å²) in [5.74, 6) is 0.265. The van der Waals surface area contributed by atoms with Gasteiger partial charge < -0.3 is 10.6 Å². The molecule has 25 heavy (non-hydrogen) atoms. The number of rotatable bonds is 8. The first-order valence-corrected chi connectivity index (χ1v) is 8.98. The molecule has 2 N–H and O–H groups in total. The van der Waals surface area contributed by atoms with E-state index in [1.165, 1.54) is 5.56 Å². The molecule has 1 heterocycles. The van der Waals surface area contributed by atoms with Crippen LogP contribution < -0.4 is 10.6 Å². The van der Waals surface area contributed by atoms with Gasteiger partial charge in [-0.3, -0.25) is 4.79 Å². The topological polar surface area (TPSA) is 71.8 Å². The van der Waals surface area contributed by atoms with E-state index < -0.39 is 0 Å². The molecule has 0 aliphatic rings. The van der Waals surface area contributed by atoms with Crippen LogP contribution >= 0.6 is 0 Å². The van der Waals surface area contributed by atoms with E-state index in [0.717, 1.165) is 24.2 Å². The zero-order chi connectivity index (χ0) is 18.4. The number of amides is 1. The summed E-state index contributed by atoms with van der Waals surface area (Å²) in [6.45, 7) is 8.98. The van der Waals surface area contributed by atoms with E-state index in [0.29, 0.717) is 18.2 Å². The molecule has 6 nitrogen and oxygen atoms in total. The first kappa shape index (κ1) is 19.1. The highest BCUT2D eigenvalue weighted by atomic mass is 16.2. The molecule has 0 saturated carbocycles. The standard InChI is InChI=1S/C19H29N5O/c1-6-8-17-18(19(25)21-12-14(4)20-5)22-23-24(17)16-10-7-9-15(11-16)13(2)3/h7,9-11,13-14,20H,6,8,12H2,1-5H3,(H,21,25). The maximum Gasteiger partial charge on any atom is 0.273 e. The van der Waals surface area contributed by atoms with Gasteiger partial charge in [-0.25, -0.2) is 4.68 Å². The number of carbonyl (C=O) groups is 1. The quantitative estimate of drug-likeness (QED) is 0.773. The van der Waals surface area contributed by atoms with Crippen LogP contribution in [0.1, 0.15) is 61.8 Å². The van der Waals surface area contributed by atoms with Gasteiger partial charge >= 0.3 is 0 Å². The molecule has 0 bridgehead atoms. The summed E-state index contributed by atoms with van der Waals surface area (Å²) >= 11 is 0. The van der Waals surface area contributed by atoms with Gasteiger partial charge in [-0.2, -0.15) is 0 Å². The van der Waals surface area contributed by atoms with Gasteiger partial charge in [0.25, 0.3) is 5.91 Å². The second-order valence-corrected chi connectivity index (χ2v) is 6.70. The molecule has 0 aliphatic heterocycles. The molecule has 0 radical (unpaired) electrons. The Morgan fingerprint density at radius 2 is 2.04 bits per heavy atom. The first-order valence-electron chi connectivity index (χ1n) is 8.98. The molecule has 6 heteroatoms. The highest BCUT2D eigenvalue weighted by Gasteiger charge is 2.20. The molecule has 0 fully saturated rings. The van der Waals surface area contributed by atoms with Crippen LogP contribution in [0.15, 0.2) is 24.3 Å². The summed E-state index contributed by atoms with van der Waals surface area (Å²) in [6, 6.07) is 8.46. The lowest BCUT2D eigenvalue weighted by molar-refractivity contribution is 0.0944. The zero-order valence-corrected chi connectivity index (χ0v) is 15.8. The monoisotopic (exact) mass is 343 g/mol. The molecule has 136 valence electrons. The number of benzene rings is 1. The van der Waals surface area contributed by atoms with E-state index in [1.54, 1.807) is 4.68 Å². The van der Waals surface area contributed by atoms with Gasteiger partial charge in [0.1, 0.15) is 0 Å². The van der Waals surface area contributed by atoms with Crippen LogP contribution in [0.3, 0.4) is 0 Å². The summed E-state index contributed by atoms with van der Waals surface area (Å²) in [4.78, 5) is 12.5. The Balaban J connectivity index is 2.33. The Kier molecular flexibility index (Phi) is 6.70. The number of hydrogen-bond acceptors (Lipinski definition) is 4. The largest absolute Gasteiger partial charge is 0.349 e. The van der Waals surface area contributed by atoms with Crippen molar-refractivity contribution in [1.29, 1.82) is 0 Å². The van der Waals surface area contributed by atoms with Gasteiger partial charge in [0.15, 0.2) is 5.69 Å². The lowest BCUT2D eigenvalue weighted by atomic mass is 10.0. The third kappa shape index (κ3) is 4.66. The lowest BCUT2D eigenvalue weighted by Crippen LogP contribution is -2.37. The van der Waals surface area contributed by atoms with E-state index in [4.69, 9.17) is 0 Å². The van der Waals surface area contributed by atoms with Crippen LogP contribution in [-0.2, 0) is 6.42 Å². The number of nitrogens with one attached hydrogen (secondary N) is 2. The van der Waals surface area contributed by atoms with Gasteiger partial charge in [0, 0.05) is 12.6 Å². The minimum absolute atomic E-state index is 0.170. The highest BCUT2D eigenvalue weighted by molar-refractivity contribution is 5.93. The molecule has 1 atom stereocenters. The Hall–Kier alpha value is -2.21. The maximum atomic E-state index is 12.5. The molecule has 1 amide bonds. The highest BCUT2D eigenvalue weighted by Crippen LogP contribution is 2.20. The average Bonchev–Trinajstić information content (AvgIpc) is 3.03. The van der Waals surface area contributed by atoms with Gasteiger partial charge in [-0.1, -0.05) is 44.5 Å². The first-order chi connectivity index (χ1) is 12.0. The minimum Gasteiger partial charge on any atom is -0.349 e. The fraction of sp³-hybridized carbons (Fsp3) is 0.526. The molecule has 2 rings (SSSR count). The van der Waals surface area contributed by atoms with Gasteiger partial charge in [-0.15, -0.1) is 5.10 Å². The number of likely N-dealkylation sites (N-methyl/N-ethyl adjacent to an activating group) is 1. The molecule has 2 aromatic rings. The second kappa shape index (κ2) is 8.76. The predicted octanol–water partition coefficient (Wildman–Crippen LogP) is 2.68. The Bertz CT molecular complexity index is 708. The maximum absolute atomic E-state index is 12.5. The summed E-state index contributed by atoms with van der Waals surface area (Å²) in [6.07, 6.45) is 1.67. The lowest BCUT2D eigenvalue weighted by Gasteiger charge is -2.12. The molecule has 1 aromatic heterocycles. The number of aromatic nitrogens is 3. The number of carbonyl (C=O) groups excluding carboxylic acids is 1. The van der Waals surface area contributed by atoms with Crippen molar-refractivity contribution in [1.82, 2.24) is 25.6 Å². The summed E-state index contributed by atoms with van der Waals surface area (Å²) < 4.78 is 1.80. The van der Waals surface area contributed by atoms with Crippen LogP contribution in [0.4, 0.5) is 0 Å². The molecule has 0 saturated heterocycles.